The lowest BCUT2D eigenvalue weighted by molar-refractivity contribution is 0.102. The number of anilines is 1. The quantitative estimate of drug-likeness (QED) is 0.673. The van der Waals surface area contributed by atoms with E-state index in [4.69, 9.17) is 0 Å². The van der Waals surface area contributed by atoms with Crippen molar-refractivity contribution in [3.63, 3.8) is 0 Å². The van der Waals surface area contributed by atoms with E-state index in [9.17, 15) is 13.2 Å². The fraction of sp³-hybridized carbons (Fsp3) is 0.190. The van der Waals surface area contributed by atoms with E-state index < -0.39 is 15.9 Å². The summed E-state index contributed by atoms with van der Waals surface area (Å²) >= 11 is 1.14. The smallest absolute Gasteiger partial charge is 0.267 e. The number of nitrogens with one attached hydrogen (secondary N) is 1. The second kappa shape index (κ2) is 7.87. The molecule has 3 aromatic rings. The minimum Gasteiger partial charge on any atom is -0.321 e. The van der Waals surface area contributed by atoms with E-state index in [1.54, 1.807) is 5.38 Å². The van der Waals surface area contributed by atoms with Crippen LogP contribution < -0.4 is 5.32 Å². The summed E-state index contributed by atoms with van der Waals surface area (Å²) < 4.78 is 27.1. The summed E-state index contributed by atoms with van der Waals surface area (Å²) in [7, 11) is -3.62. The number of nitrogens with zero attached hydrogens (tertiary/aromatic N) is 1. The maximum atomic E-state index is 12.8. The molecular weight excluding hydrogens is 392 g/mol. The standard InChI is InChI=1S/C21H20N2O3S2/c24-21(20-19(12-15-27-20)28(25,26)23-13-4-5-14-23)22-18-10-8-17(9-11-18)16-6-2-1-3-7-16/h1-3,6-12,15H,4-5,13-14H2,(H,22,24). The van der Waals surface area contributed by atoms with Gasteiger partial charge in [-0.15, -0.1) is 11.3 Å². The number of hydrogen-bond acceptors (Lipinski definition) is 4. The third-order valence-electron chi connectivity index (χ3n) is 4.77. The highest BCUT2D eigenvalue weighted by atomic mass is 32.2. The number of carbonyl (C=O) groups excluding carboxylic acids is 1. The Kier molecular flexibility index (Phi) is 5.30. The highest BCUT2D eigenvalue weighted by Crippen LogP contribution is 2.28. The lowest BCUT2D eigenvalue weighted by Crippen LogP contribution is -2.29. The highest BCUT2D eigenvalue weighted by Gasteiger charge is 2.31. The topological polar surface area (TPSA) is 66.5 Å². The minimum atomic E-state index is -3.62. The lowest BCUT2D eigenvalue weighted by atomic mass is 10.1. The van der Waals surface area contributed by atoms with Crippen LogP contribution in [0.4, 0.5) is 5.69 Å². The predicted molar refractivity (Wildman–Crippen MR) is 112 cm³/mol. The zero-order chi connectivity index (χ0) is 19.6. The van der Waals surface area contributed by atoms with Crippen molar-refractivity contribution in [3.05, 3.63) is 70.9 Å². The number of carbonyl (C=O) groups is 1. The first-order valence-electron chi connectivity index (χ1n) is 9.10. The fourth-order valence-corrected chi connectivity index (χ4v) is 6.11. The van der Waals surface area contributed by atoms with Crippen molar-refractivity contribution in [1.82, 2.24) is 4.31 Å². The molecule has 2 aromatic carbocycles. The molecule has 5 nitrogen and oxygen atoms in total. The second-order valence-corrected chi connectivity index (χ2v) is 9.45. The summed E-state index contributed by atoms with van der Waals surface area (Å²) in [6.07, 6.45) is 1.72. The Bertz CT molecular complexity index is 1070. The highest BCUT2D eigenvalue weighted by molar-refractivity contribution is 7.89. The van der Waals surface area contributed by atoms with Gasteiger partial charge in [0.25, 0.3) is 5.91 Å². The average Bonchev–Trinajstić information content (AvgIpc) is 3.42. The van der Waals surface area contributed by atoms with Gasteiger partial charge in [0.05, 0.1) is 0 Å². The van der Waals surface area contributed by atoms with Gasteiger partial charge < -0.3 is 5.32 Å². The normalized spacial score (nSPS) is 14.9. The maximum Gasteiger partial charge on any atom is 0.267 e. The molecule has 1 amide bonds. The molecule has 7 heteroatoms. The van der Waals surface area contributed by atoms with Gasteiger partial charge in [0.2, 0.25) is 10.0 Å². The molecule has 1 aliphatic heterocycles. The van der Waals surface area contributed by atoms with Crippen LogP contribution in [0.1, 0.15) is 22.5 Å². The number of rotatable bonds is 5. The van der Waals surface area contributed by atoms with Gasteiger partial charge in [0.15, 0.2) is 0 Å². The minimum absolute atomic E-state index is 0.0952. The van der Waals surface area contributed by atoms with E-state index in [-0.39, 0.29) is 9.77 Å². The molecular formula is C21H20N2O3S2. The molecule has 0 aliphatic carbocycles. The van der Waals surface area contributed by atoms with E-state index in [1.165, 1.54) is 10.4 Å². The molecule has 1 fully saturated rings. The zero-order valence-electron chi connectivity index (χ0n) is 15.2. The molecule has 1 saturated heterocycles. The van der Waals surface area contributed by atoms with Crippen molar-refractivity contribution in [3.8, 4) is 11.1 Å². The molecule has 4 rings (SSSR count). The van der Waals surface area contributed by atoms with Gasteiger partial charge in [0.1, 0.15) is 9.77 Å². The first kappa shape index (κ1) is 18.9. The van der Waals surface area contributed by atoms with E-state index in [0.29, 0.717) is 18.8 Å². The Morgan fingerprint density at radius 3 is 2.21 bits per heavy atom. The molecule has 1 aromatic heterocycles. The Hall–Kier alpha value is -2.48. The largest absolute Gasteiger partial charge is 0.321 e. The Morgan fingerprint density at radius 2 is 1.54 bits per heavy atom. The SMILES string of the molecule is O=C(Nc1ccc(-c2ccccc2)cc1)c1sccc1S(=O)(=O)N1CCCC1. The van der Waals surface area contributed by atoms with Gasteiger partial charge in [-0.2, -0.15) is 4.31 Å². The number of benzene rings is 2. The monoisotopic (exact) mass is 412 g/mol. The summed E-state index contributed by atoms with van der Waals surface area (Å²) in [5, 5.41) is 4.46. The lowest BCUT2D eigenvalue weighted by Gasteiger charge is -2.15. The van der Waals surface area contributed by atoms with Crippen molar-refractivity contribution in [2.24, 2.45) is 0 Å². The van der Waals surface area contributed by atoms with E-state index in [2.05, 4.69) is 5.32 Å². The molecule has 0 bridgehead atoms. The number of amides is 1. The molecule has 0 spiro atoms. The van der Waals surface area contributed by atoms with Crippen LogP contribution in [0, 0.1) is 0 Å². The molecule has 1 N–H and O–H groups in total. The van der Waals surface area contributed by atoms with Gasteiger partial charge >= 0.3 is 0 Å². The summed E-state index contributed by atoms with van der Waals surface area (Å²) in [6, 6.07) is 19.0. The van der Waals surface area contributed by atoms with Crippen LogP contribution in [-0.4, -0.2) is 31.7 Å². The van der Waals surface area contributed by atoms with Crippen molar-refractivity contribution in [2.45, 2.75) is 17.7 Å². The Labute approximate surface area is 168 Å². The summed E-state index contributed by atoms with van der Waals surface area (Å²) in [5.41, 5.74) is 2.77. The van der Waals surface area contributed by atoms with Crippen LogP contribution in [0.25, 0.3) is 11.1 Å². The molecule has 1 aliphatic rings. The van der Waals surface area contributed by atoms with E-state index in [1.807, 2.05) is 54.6 Å². The average molecular weight is 413 g/mol. The van der Waals surface area contributed by atoms with Crippen LogP contribution in [0.5, 0.6) is 0 Å². The van der Waals surface area contributed by atoms with Gasteiger partial charge in [-0.25, -0.2) is 8.42 Å². The Balaban J connectivity index is 1.53. The van der Waals surface area contributed by atoms with Crippen molar-refractivity contribution < 1.29 is 13.2 Å². The molecule has 144 valence electrons. The van der Waals surface area contributed by atoms with Crippen LogP contribution >= 0.6 is 11.3 Å². The second-order valence-electron chi connectivity index (χ2n) is 6.62. The van der Waals surface area contributed by atoms with E-state index in [0.717, 1.165) is 35.3 Å². The molecule has 28 heavy (non-hydrogen) atoms. The first-order chi connectivity index (χ1) is 13.6. The zero-order valence-corrected chi connectivity index (χ0v) is 16.8. The maximum absolute atomic E-state index is 12.8. The number of sulfonamides is 1. The molecule has 0 unspecified atom stereocenters. The summed E-state index contributed by atoms with van der Waals surface area (Å²) in [6.45, 7) is 1.03. The van der Waals surface area contributed by atoms with Gasteiger partial charge in [0, 0.05) is 18.8 Å². The van der Waals surface area contributed by atoms with Crippen molar-refractivity contribution >= 4 is 33.0 Å². The summed E-state index contributed by atoms with van der Waals surface area (Å²) in [4.78, 5) is 13.0. The van der Waals surface area contributed by atoms with Crippen LogP contribution in [0.3, 0.4) is 0 Å². The third kappa shape index (κ3) is 3.73. The third-order valence-corrected chi connectivity index (χ3v) is 7.75. The molecule has 0 atom stereocenters. The van der Waals surface area contributed by atoms with E-state index >= 15 is 0 Å². The molecule has 2 heterocycles. The van der Waals surface area contributed by atoms with Crippen LogP contribution in [0.15, 0.2) is 70.9 Å². The van der Waals surface area contributed by atoms with Gasteiger partial charge in [-0.05, 0) is 47.5 Å². The number of thiophene rings is 1. The van der Waals surface area contributed by atoms with Crippen LogP contribution in [-0.2, 0) is 10.0 Å². The van der Waals surface area contributed by atoms with Gasteiger partial charge in [-0.1, -0.05) is 42.5 Å². The molecule has 0 saturated carbocycles. The summed E-state index contributed by atoms with van der Waals surface area (Å²) in [5.74, 6) is -0.403. The predicted octanol–water partition coefficient (Wildman–Crippen LogP) is 4.45. The molecule has 0 radical (unpaired) electrons. The Morgan fingerprint density at radius 1 is 0.893 bits per heavy atom. The van der Waals surface area contributed by atoms with Gasteiger partial charge in [-0.3, -0.25) is 4.79 Å². The number of hydrogen-bond donors (Lipinski definition) is 1. The fourth-order valence-electron chi connectivity index (χ4n) is 3.30. The first-order valence-corrected chi connectivity index (χ1v) is 11.4. The van der Waals surface area contributed by atoms with Crippen molar-refractivity contribution in [1.29, 1.82) is 0 Å². The van der Waals surface area contributed by atoms with Crippen molar-refractivity contribution in [2.75, 3.05) is 18.4 Å². The van der Waals surface area contributed by atoms with Crippen LogP contribution in [0.2, 0.25) is 0 Å².